The van der Waals surface area contributed by atoms with E-state index in [4.69, 9.17) is 4.74 Å². The number of piperidine rings is 1. The first-order valence-corrected chi connectivity index (χ1v) is 13.5. The van der Waals surface area contributed by atoms with Crippen LogP contribution in [-0.4, -0.2) is 44.7 Å². The molecule has 0 bridgehead atoms. The summed E-state index contributed by atoms with van der Waals surface area (Å²) in [6, 6.07) is 19.7. The van der Waals surface area contributed by atoms with Crippen molar-refractivity contribution in [2.75, 3.05) is 31.6 Å². The lowest BCUT2D eigenvalue weighted by molar-refractivity contribution is -0.120. The van der Waals surface area contributed by atoms with Crippen molar-refractivity contribution in [2.24, 2.45) is 0 Å². The van der Waals surface area contributed by atoms with E-state index in [9.17, 15) is 4.79 Å². The first-order chi connectivity index (χ1) is 17.1. The van der Waals surface area contributed by atoms with Crippen LogP contribution in [0, 0.1) is 0 Å². The number of methoxy groups -OCH3 is 1. The number of carbonyl (C=O) groups excluding carboxylic acids is 1. The molecule has 1 aromatic heterocycles. The van der Waals surface area contributed by atoms with E-state index >= 15 is 0 Å². The van der Waals surface area contributed by atoms with Crippen LogP contribution in [0.2, 0.25) is 0 Å². The third kappa shape index (κ3) is 7.58. The second kappa shape index (κ2) is 12.8. The predicted octanol–water partition coefficient (Wildman–Crippen LogP) is 4.85. The zero-order chi connectivity index (χ0) is 24.5. The maximum absolute atomic E-state index is 12.4. The molecule has 35 heavy (non-hydrogen) atoms. The minimum Gasteiger partial charge on any atom is -0.496 e. The highest BCUT2D eigenvalue weighted by molar-refractivity contribution is 7.07. The van der Waals surface area contributed by atoms with Gasteiger partial charge in [-0.2, -0.15) is 11.3 Å². The summed E-state index contributed by atoms with van der Waals surface area (Å²) >= 11 is 1.77. The van der Waals surface area contributed by atoms with Crippen molar-refractivity contribution in [3.05, 3.63) is 82.0 Å². The topological polar surface area (TPSA) is 53.6 Å². The monoisotopic (exact) mass is 491 g/mol. The van der Waals surface area contributed by atoms with Gasteiger partial charge in [0.05, 0.1) is 13.5 Å². The third-order valence-electron chi connectivity index (χ3n) is 6.71. The van der Waals surface area contributed by atoms with Gasteiger partial charge in [-0.1, -0.05) is 30.3 Å². The van der Waals surface area contributed by atoms with Gasteiger partial charge in [0, 0.05) is 37.4 Å². The number of anilines is 1. The molecule has 4 rings (SSSR count). The van der Waals surface area contributed by atoms with Crippen LogP contribution in [0.1, 0.15) is 36.5 Å². The number of carbonyl (C=O) groups is 1. The fourth-order valence-electron chi connectivity index (χ4n) is 4.85. The number of amides is 1. The molecule has 2 aromatic carbocycles. The van der Waals surface area contributed by atoms with Crippen LogP contribution < -0.4 is 20.3 Å². The predicted molar refractivity (Wildman–Crippen MR) is 146 cm³/mol. The van der Waals surface area contributed by atoms with Crippen molar-refractivity contribution < 1.29 is 9.53 Å². The Balaban J connectivity index is 1.17. The molecule has 0 radical (unpaired) electrons. The lowest BCUT2D eigenvalue weighted by atomic mass is 10.0. The van der Waals surface area contributed by atoms with Crippen molar-refractivity contribution >= 4 is 22.9 Å². The number of rotatable bonds is 11. The number of thiophene rings is 1. The summed E-state index contributed by atoms with van der Waals surface area (Å²) in [5, 5.41) is 11.3. The second-order valence-electron chi connectivity index (χ2n) is 9.42. The van der Waals surface area contributed by atoms with Crippen LogP contribution >= 0.6 is 11.3 Å². The number of para-hydroxylation sites is 1. The van der Waals surface area contributed by atoms with Crippen LogP contribution in [0.4, 0.5) is 5.69 Å². The fraction of sp³-hybridized carbons (Fsp3) is 0.414. The molecule has 1 fully saturated rings. The molecular formula is C29H37N3O2S. The number of nitrogens with one attached hydrogen (secondary N) is 2. The van der Waals surface area contributed by atoms with Crippen molar-refractivity contribution in [3.63, 3.8) is 0 Å². The van der Waals surface area contributed by atoms with E-state index in [1.54, 1.807) is 18.4 Å². The first kappa shape index (κ1) is 25.3. The number of hydrogen-bond acceptors (Lipinski definition) is 5. The van der Waals surface area contributed by atoms with Gasteiger partial charge in [-0.15, -0.1) is 0 Å². The third-order valence-corrected chi connectivity index (χ3v) is 7.44. The molecule has 1 aliphatic rings. The molecule has 0 spiro atoms. The van der Waals surface area contributed by atoms with Gasteiger partial charge in [0.15, 0.2) is 0 Å². The van der Waals surface area contributed by atoms with Gasteiger partial charge >= 0.3 is 0 Å². The summed E-state index contributed by atoms with van der Waals surface area (Å²) in [7, 11) is 1.67. The molecule has 0 aliphatic carbocycles. The van der Waals surface area contributed by atoms with Crippen molar-refractivity contribution in [2.45, 2.75) is 51.1 Å². The van der Waals surface area contributed by atoms with Gasteiger partial charge in [-0.25, -0.2) is 0 Å². The standard InChI is InChI=1S/C29H37N3O2S/c1-22(19-24-14-18-35-21-24)31-26-12-16-32(17-13-26)27-9-7-23(8-10-27)20-29(33)30-15-11-25-5-3-4-6-28(25)34-2/h3-10,14,18,21-22,26,31H,11-13,15-17,19-20H2,1-2H3,(H,30,33)/t22-/m0/s1. The van der Waals surface area contributed by atoms with Crippen LogP contribution in [-0.2, 0) is 24.1 Å². The normalized spacial score (nSPS) is 15.1. The van der Waals surface area contributed by atoms with Crippen molar-refractivity contribution in [1.82, 2.24) is 10.6 Å². The molecule has 1 atom stereocenters. The number of nitrogens with zero attached hydrogens (tertiary/aromatic N) is 1. The van der Waals surface area contributed by atoms with Gasteiger partial charge in [-0.05, 0) is 84.3 Å². The number of hydrogen-bond donors (Lipinski definition) is 2. The molecule has 1 saturated heterocycles. The first-order valence-electron chi connectivity index (χ1n) is 12.6. The highest BCUT2D eigenvalue weighted by atomic mass is 32.1. The molecule has 0 saturated carbocycles. The van der Waals surface area contributed by atoms with E-state index in [0.717, 1.165) is 55.6 Å². The fourth-order valence-corrected chi connectivity index (χ4v) is 5.53. The van der Waals surface area contributed by atoms with E-state index in [-0.39, 0.29) is 5.91 Å². The molecule has 186 valence electrons. The Kier molecular flexibility index (Phi) is 9.21. The average Bonchev–Trinajstić information content (AvgIpc) is 3.38. The van der Waals surface area contributed by atoms with Crippen LogP contribution in [0.3, 0.4) is 0 Å². The molecule has 1 aliphatic heterocycles. The van der Waals surface area contributed by atoms with E-state index in [0.29, 0.717) is 25.0 Å². The maximum atomic E-state index is 12.4. The van der Waals surface area contributed by atoms with Gasteiger partial charge in [0.25, 0.3) is 0 Å². The van der Waals surface area contributed by atoms with Crippen LogP contribution in [0.15, 0.2) is 65.4 Å². The van der Waals surface area contributed by atoms with Crippen molar-refractivity contribution in [3.8, 4) is 5.75 Å². The summed E-state index contributed by atoms with van der Waals surface area (Å²) in [4.78, 5) is 14.9. The molecule has 1 amide bonds. The molecule has 5 nitrogen and oxygen atoms in total. The number of benzene rings is 2. The quantitative estimate of drug-likeness (QED) is 0.403. The van der Waals surface area contributed by atoms with E-state index in [1.165, 1.54) is 11.3 Å². The Morgan fingerprint density at radius 1 is 1.09 bits per heavy atom. The van der Waals surface area contributed by atoms with E-state index in [2.05, 4.69) is 63.5 Å². The molecule has 0 unspecified atom stereocenters. The number of ether oxygens (including phenoxy) is 1. The van der Waals surface area contributed by atoms with Gasteiger partial charge in [-0.3, -0.25) is 4.79 Å². The Morgan fingerprint density at radius 3 is 2.57 bits per heavy atom. The van der Waals surface area contributed by atoms with E-state index in [1.807, 2.05) is 24.3 Å². The molecule has 3 aromatic rings. The zero-order valence-corrected chi connectivity index (χ0v) is 21.7. The molecule has 6 heteroatoms. The summed E-state index contributed by atoms with van der Waals surface area (Å²) in [5.74, 6) is 0.918. The second-order valence-corrected chi connectivity index (χ2v) is 10.2. The largest absolute Gasteiger partial charge is 0.496 e. The van der Waals surface area contributed by atoms with Gasteiger partial charge < -0.3 is 20.3 Å². The average molecular weight is 492 g/mol. The lowest BCUT2D eigenvalue weighted by Crippen LogP contribution is -2.46. The van der Waals surface area contributed by atoms with E-state index < -0.39 is 0 Å². The molecule has 2 heterocycles. The van der Waals surface area contributed by atoms with Crippen molar-refractivity contribution in [1.29, 1.82) is 0 Å². The Bertz CT molecular complexity index is 1040. The minimum absolute atomic E-state index is 0.0520. The highest BCUT2D eigenvalue weighted by Gasteiger charge is 2.21. The minimum atomic E-state index is 0.0520. The zero-order valence-electron chi connectivity index (χ0n) is 20.8. The highest BCUT2D eigenvalue weighted by Crippen LogP contribution is 2.22. The van der Waals surface area contributed by atoms with Crippen LogP contribution in [0.25, 0.3) is 0 Å². The summed E-state index contributed by atoms with van der Waals surface area (Å²) in [5.41, 5.74) is 4.82. The Labute approximate surface area is 213 Å². The SMILES string of the molecule is COc1ccccc1CCNC(=O)Cc1ccc(N2CCC(N[C@@H](C)Cc3ccsc3)CC2)cc1. The lowest BCUT2D eigenvalue weighted by Gasteiger charge is -2.35. The maximum Gasteiger partial charge on any atom is 0.224 e. The van der Waals surface area contributed by atoms with Crippen LogP contribution in [0.5, 0.6) is 5.75 Å². The molecular weight excluding hydrogens is 454 g/mol. The van der Waals surface area contributed by atoms with Gasteiger partial charge in [0.1, 0.15) is 5.75 Å². The summed E-state index contributed by atoms with van der Waals surface area (Å²) in [6.45, 7) is 5.01. The Hall–Kier alpha value is -2.83. The Morgan fingerprint density at radius 2 is 1.86 bits per heavy atom. The summed E-state index contributed by atoms with van der Waals surface area (Å²) < 4.78 is 5.38. The van der Waals surface area contributed by atoms with Gasteiger partial charge in [0.2, 0.25) is 5.91 Å². The smallest absolute Gasteiger partial charge is 0.224 e. The summed E-state index contributed by atoms with van der Waals surface area (Å²) in [6.07, 6.45) is 4.57. The molecule has 2 N–H and O–H groups in total.